The number of nitrogens with zero attached hydrogens (tertiary/aromatic N) is 1. The van der Waals surface area contributed by atoms with Crippen LogP contribution in [0.2, 0.25) is 0 Å². The molecule has 0 amide bonds. The average molecular weight is 296 g/mol. The predicted octanol–water partition coefficient (Wildman–Crippen LogP) is 4.69. The van der Waals surface area contributed by atoms with E-state index in [-0.39, 0.29) is 17.9 Å². The first-order chi connectivity index (χ1) is 10.5. The number of anilines is 1. The summed E-state index contributed by atoms with van der Waals surface area (Å²) in [6.45, 7) is 6.12. The van der Waals surface area contributed by atoms with E-state index in [0.29, 0.717) is 0 Å². The monoisotopic (exact) mass is 296 g/mol. The summed E-state index contributed by atoms with van der Waals surface area (Å²) >= 11 is 0. The van der Waals surface area contributed by atoms with Crippen molar-refractivity contribution in [2.24, 2.45) is 4.99 Å². The van der Waals surface area contributed by atoms with E-state index in [9.17, 15) is 4.39 Å². The van der Waals surface area contributed by atoms with Crippen molar-refractivity contribution >= 4 is 11.4 Å². The third-order valence-electron chi connectivity index (χ3n) is 4.08. The Morgan fingerprint density at radius 1 is 1.14 bits per heavy atom. The van der Waals surface area contributed by atoms with Crippen LogP contribution in [0.1, 0.15) is 36.5 Å². The van der Waals surface area contributed by atoms with Gasteiger partial charge in [-0.05, 0) is 56.5 Å². The fraction of sp³-hybridized carbons (Fsp3) is 0.316. The van der Waals surface area contributed by atoms with E-state index in [0.717, 1.165) is 23.4 Å². The van der Waals surface area contributed by atoms with E-state index in [1.54, 1.807) is 0 Å². The average Bonchev–Trinajstić information content (AvgIpc) is 2.47. The molecule has 2 aromatic carbocycles. The predicted molar refractivity (Wildman–Crippen MR) is 90.2 cm³/mol. The molecule has 0 saturated carbocycles. The molecule has 2 unspecified atom stereocenters. The van der Waals surface area contributed by atoms with Crippen LogP contribution in [0, 0.1) is 12.7 Å². The zero-order valence-corrected chi connectivity index (χ0v) is 13.2. The first kappa shape index (κ1) is 14.8. The van der Waals surface area contributed by atoms with E-state index in [1.165, 1.54) is 23.3 Å². The van der Waals surface area contributed by atoms with Crippen LogP contribution in [0.4, 0.5) is 10.1 Å². The van der Waals surface area contributed by atoms with Crippen LogP contribution in [0.25, 0.3) is 0 Å². The lowest BCUT2D eigenvalue weighted by molar-refractivity contribution is 0.556. The normalized spacial score (nSPS) is 20.0. The number of aryl methyl sites for hydroxylation is 1. The van der Waals surface area contributed by atoms with Gasteiger partial charge in [-0.2, -0.15) is 0 Å². The highest BCUT2D eigenvalue weighted by Gasteiger charge is 2.29. The Morgan fingerprint density at radius 2 is 1.86 bits per heavy atom. The molecule has 3 heteroatoms. The molecular weight excluding hydrogens is 275 g/mol. The second-order valence-corrected chi connectivity index (χ2v) is 6.19. The molecule has 0 fully saturated rings. The van der Waals surface area contributed by atoms with Gasteiger partial charge in [0.05, 0.1) is 0 Å². The highest BCUT2D eigenvalue weighted by molar-refractivity contribution is 5.79. The van der Waals surface area contributed by atoms with E-state index >= 15 is 0 Å². The molecule has 1 heterocycles. The lowest BCUT2D eigenvalue weighted by atomic mass is 9.85. The molecule has 114 valence electrons. The van der Waals surface area contributed by atoms with Gasteiger partial charge in [0.15, 0.2) is 0 Å². The third-order valence-corrected chi connectivity index (χ3v) is 4.08. The van der Waals surface area contributed by atoms with Crippen molar-refractivity contribution in [3.8, 4) is 0 Å². The minimum atomic E-state index is -0.199. The maximum absolute atomic E-state index is 13.2. The molecule has 2 aromatic rings. The molecule has 0 radical (unpaired) electrons. The molecule has 0 aromatic heterocycles. The Hall–Kier alpha value is -2.16. The third kappa shape index (κ3) is 3.03. The number of aliphatic imine (C=N–C) groups is 1. The summed E-state index contributed by atoms with van der Waals surface area (Å²) in [5.41, 5.74) is 5.87. The summed E-state index contributed by atoms with van der Waals surface area (Å²) in [6, 6.07) is 13.3. The molecule has 1 aliphatic heterocycles. The van der Waals surface area contributed by atoms with Crippen molar-refractivity contribution in [1.82, 2.24) is 0 Å². The summed E-state index contributed by atoms with van der Waals surface area (Å²) < 4.78 is 13.2. The van der Waals surface area contributed by atoms with Gasteiger partial charge in [-0.15, -0.1) is 0 Å². The van der Waals surface area contributed by atoms with Crippen LogP contribution in [0.5, 0.6) is 0 Å². The molecule has 2 atom stereocenters. The lowest BCUT2D eigenvalue weighted by Gasteiger charge is -2.33. The Morgan fingerprint density at radius 3 is 2.55 bits per heavy atom. The highest BCUT2D eigenvalue weighted by Crippen LogP contribution is 2.35. The number of nitrogens with one attached hydrogen (secondary N) is 1. The zero-order chi connectivity index (χ0) is 15.7. The van der Waals surface area contributed by atoms with E-state index in [4.69, 9.17) is 4.99 Å². The Labute approximate surface area is 131 Å². The van der Waals surface area contributed by atoms with Crippen molar-refractivity contribution in [2.75, 3.05) is 5.32 Å². The fourth-order valence-electron chi connectivity index (χ4n) is 3.05. The minimum absolute atomic E-state index is 0.00864. The summed E-state index contributed by atoms with van der Waals surface area (Å²) in [6.07, 6.45) is 0.905. The minimum Gasteiger partial charge on any atom is -0.363 e. The van der Waals surface area contributed by atoms with Gasteiger partial charge in [0, 0.05) is 17.3 Å². The molecule has 0 aliphatic carbocycles. The van der Waals surface area contributed by atoms with Crippen molar-refractivity contribution < 1.29 is 4.39 Å². The maximum Gasteiger partial charge on any atom is 0.125 e. The highest BCUT2D eigenvalue weighted by atomic mass is 19.1. The first-order valence-corrected chi connectivity index (χ1v) is 7.65. The fourth-order valence-corrected chi connectivity index (χ4v) is 3.05. The molecule has 22 heavy (non-hydrogen) atoms. The summed E-state index contributed by atoms with van der Waals surface area (Å²) in [4.78, 5) is 4.75. The Bertz CT molecular complexity index is 700. The molecule has 0 bridgehead atoms. The largest absolute Gasteiger partial charge is 0.363 e. The molecule has 3 rings (SSSR count). The van der Waals surface area contributed by atoms with Gasteiger partial charge >= 0.3 is 0 Å². The second-order valence-electron chi connectivity index (χ2n) is 6.19. The standard InChI is InChI=1S/C19H21FN2/c1-12(2)21-19-17(14-5-7-16(20)8-6-14)11-15-10-13(3)4-9-18(15)22-19/h4-10,17,19,22H,11H2,1-3H3. The van der Waals surface area contributed by atoms with E-state index in [1.807, 2.05) is 26.0 Å². The van der Waals surface area contributed by atoms with Gasteiger partial charge < -0.3 is 5.32 Å². The van der Waals surface area contributed by atoms with Gasteiger partial charge in [0.2, 0.25) is 0 Å². The molecule has 0 spiro atoms. The van der Waals surface area contributed by atoms with Crippen LogP contribution in [-0.2, 0) is 6.42 Å². The quantitative estimate of drug-likeness (QED) is 0.799. The summed E-state index contributed by atoms with van der Waals surface area (Å²) in [5.74, 6) is 0.0142. The van der Waals surface area contributed by atoms with Crippen molar-refractivity contribution in [2.45, 2.75) is 39.3 Å². The van der Waals surface area contributed by atoms with Gasteiger partial charge in [-0.25, -0.2) is 4.39 Å². The number of hydrogen-bond acceptors (Lipinski definition) is 2. The molecule has 0 saturated heterocycles. The smallest absolute Gasteiger partial charge is 0.125 e. The SMILES string of the molecule is CC(C)=NC1Nc2ccc(C)cc2CC1c1ccc(F)cc1. The topological polar surface area (TPSA) is 24.4 Å². The van der Waals surface area contributed by atoms with Crippen LogP contribution in [0.15, 0.2) is 47.5 Å². The summed E-state index contributed by atoms with van der Waals surface area (Å²) in [5, 5.41) is 3.54. The first-order valence-electron chi connectivity index (χ1n) is 7.65. The van der Waals surface area contributed by atoms with Crippen LogP contribution < -0.4 is 5.32 Å². The van der Waals surface area contributed by atoms with Crippen LogP contribution >= 0.6 is 0 Å². The summed E-state index contributed by atoms with van der Waals surface area (Å²) in [7, 11) is 0. The van der Waals surface area contributed by atoms with Crippen LogP contribution in [0.3, 0.4) is 0 Å². The number of hydrogen-bond donors (Lipinski definition) is 1. The Balaban J connectivity index is 2.01. The van der Waals surface area contributed by atoms with E-state index in [2.05, 4.69) is 30.4 Å². The maximum atomic E-state index is 13.2. The molecular formula is C19H21FN2. The zero-order valence-electron chi connectivity index (χ0n) is 13.2. The number of benzene rings is 2. The van der Waals surface area contributed by atoms with Crippen molar-refractivity contribution in [1.29, 1.82) is 0 Å². The number of fused-ring (bicyclic) bond motifs is 1. The number of halogens is 1. The number of rotatable bonds is 2. The lowest BCUT2D eigenvalue weighted by Crippen LogP contribution is -2.32. The van der Waals surface area contributed by atoms with Gasteiger partial charge in [0.1, 0.15) is 12.0 Å². The molecule has 2 nitrogen and oxygen atoms in total. The van der Waals surface area contributed by atoms with Gasteiger partial charge in [-0.3, -0.25) is 4.99 Å². The molecule has 1 aliphatic rings. The Kier molecular flexibility index (Phi) is 3.97. The van der Waals surface area contributed by atoms with Crippen molar-refractivity contribution in [3.05, 3.63) is 65.0 Å². The second kappa shape index (κ2) is 5.91. The van der Waals surface area contributed by atoms with Crippen LogP contribution in [-0.4, -0.2) is 11.9 Å². The van der Waals surface area contributed by atoms with Gasteiger partial charge in [-0.1, -0.05) is 29.8 Å². The van der Waals surface area contributed by atoms with E-state index < -0.39 is 0 Å². The molecule has 1 N–H and O–H groups in total. The van der Waals surface area contributed by atoms with Crippen molar-refractivity contribution in [3.63, 3.8) is 0 Å². The van der Waals surface area contributed by atoms with Gasteiger partial charge in [0.25, 0.3) is 0 Å².